The highest BCUT2D eigenvalue weighted by atomic mass is 15.0. The van der Waals surface area contributed by atoms with E-state index in [1.54, 1.807) is 0 Å². The Bertz CT molecular complexity index is 3850. The van der Waals surface area contributed by atoms with E-state index < -0.39 is 0 Å². The average Bonchev–Trinajstić information content (AvgIpc) is 3.97. The summed E-state index contributed by atoms with van der Waals surface area (Å²) in [6.45, 7) is 8.25. The lowest BCUT2D eigenvalue weighted by molar-refractivity contribution is 1.09. The molecule has 0 amide bonds. The molecule has 0 radical (unpaired) electrons. The van der Waals surface area contributed by atoms with Gasteiger partial charge < -0.3 is 4.57 Å². The van der Waals surface area contributed by atoms with Crippen molar-refractivity contribution in [3.05, 3.63) is 188 Å². The number of aromatic nitrogens is 1. The molecule has 0 bridgehead atoms. The fourth-order valence-electron chi connectivity index (χ4n) is 10.5. The molecule has 1 heterocycles. The van der Waals surface area contributed by atoms with Crippen LogP contribution in [-0.2, 0) is 0 Å². The molecule has 13 aromatic rings. The third-order valence-electron chi connectivity index (χ3n) is 12.6. The van der Waals surface area contributed by atoms with E-state index in [1.165, 1.54) is 109 Å². The van der Waals surface area contributed by atoms with Crippen LogP contribution in [0.4, 0.5) is 0 Å². The van der Waals surface area contributed by atoms with E-state index in [-0.39, 0.29) is 0 Å². The number of hydrogen-bond acceptors (Lipinski definition) is 1. The topological polar surface area (TPSA) is 28.7 Å². The van der Waals surface area contributed by atoms with Crippen LogP contribution in [0.15, 0.2) is 182 Å². The zero-order chi connectivity index (χ0) is 42.1. The number of hydrogen-bond donors (Lipinski definition) is 0. The van der Waals surface area contributed by atoms with Crippen LogP contribution in [-0.4, -0.2) is 4.57 Å². The van der Waals surface area contributed by atoms with Crippen molar-refractivity contribution in [2.75, 3.05) is 0 Å². The summed E-state index contributed by atoms with van der Waals surface area (Å²) in [5.41, 5.74) is 8.86. The lowest BCUT2D eigenvalue weighted by atomic mass is 9.84. The largest absolute Gasteiger partial charge is 0.309 e. The maximum atomic E-state index is 10.1. The number of nitriles is 1. The fraction of sp³-hybridized carbons (Fsp3) is 0.0833. The molecular weight excluding hydrogens is 749 g/mol. The first-order valence-electron chi connectivity index (χ1n) is 22.0. The van der Waals surface area contributed by atoms with E-state index >= 15 is 0 Å². The predicted molar refractivity (Wildman–Crippen MR) is 269 cm³/mol. The SMILES string of the molecule is CC.CCC.N#Cc1ccc2c3c4cccc5c6c(-c7ccccc7)c7cc8c9ccccc9c9cccc(c7c(-c7ccccc7)c6c(cc3n(-c3ccccc3)c2c1)c54)c98. The van der Waals surface area contributed by atoms with Crippen molar-refractivity contribution in [2.24, 2.45) is 0 Å². The second kappa shape index (κ2) is 14.8. The highest BCUT2D eigenvalue weighted by molar-refractivity contribution is 6.46. The minimum Gasteiger partial charge on any atom is -0.309 e. The molecule has 0 N–H and O–H groups in total. The Kier molecular flexibility index (Phi) is 8.88. The molecule has 0 unspecified atom stereocenters. The molecule has 0 saturated heterocycles. The van der Waals surface area contributed by atoms with E-state index in [1.807, 2.05) is 19.9 Å². The van der Waals surface area contributed by atoms with Crippen LogP contribution in [0.2, 0.25) is 0 Å². The van der Waals surface area contributed by atoms with Gasteiger partial charge in [-0.1, -0.05) is 180 Å². The zero-order valence-electron chi connectivity index (χ0n) is 35.4. The number of rotatable bonds is 3. The third kappa shape index (κ3) is 5.22. The van der Waals surface area contributed by atoms with Crippen molar-refractivity contribution in [2.45, 2.75) is 34.1 Å². The van der Waals surface area contributed by atoms with Crippen molar-refractivity contribution in [3.63, 3.8) is 0 Å². The summed E-state index contributed by atoms with van der Waals surface area (Å²) in [5.74, 6) is 0. The minimum atomic E-state index is 0.653. The maximum absolute atomic E-state index is 10.1. The third-order valence-corrected chi connectivity index (χ3v) is 12.6. The number of para-hydroxylation sites is 1. The van der Waals surface area contributed by atoms with Crippen LogP contribution in [0.5, 0.6) is 0 Å². The Hall–Kier alpha value is -7.73. The summed E-state index contributed by atoms with van der Waals surface area (Å²) < 4.78 is 2.36. The summed E-state index contributed by atoms with van der Waals surface area (Å²) in [4.78, 5) is 0. The van der Waals surface area contributed by atoms with Crippen LogP contribution < -0.4 is 0 Å². The first-order chi connectivity index (χ1) is 30.7. The van der Waals surface area contributed by atoms with Crippen LogP contribution in [0.1, 0.15) is 39.7 Å². The molecule has 2 heteroatoms. The van der Waals surface area contributed by atoms with Gasteiger partial charge in [0.15, 0.2) is 0 Å². The molecule has 0 aliphatic carbocycles. The highest BCUT2D eigenvalue weighted by Gasteiger charge is 2.28. The van der Waals surface area contributed by atoms with Crippen molar-refractivity contribution < 1.29 is 0 Å². The molecule has 0 aliphatic rings. The molecule has 1 aromatic heterocycles. The molecule has 12 aromatic carbocycles. The fourth-order valence-corrected chi connectivity index (χ4v) is 10.5. The standard InChI is InChI=1S/C55H30N2.C3H8.C2H6/c56-31-32-26-27-39-46(28-32)57(35-18-8-3-9-19-35)47-30-45-51-40(52(39)47)23-13-25-42(51)54-48(33-14-4-1-5-15-33)44-29-43-37-21-11-10-20-36(37)38-22-12-24-41(50(38)43)53(44)49(55(45)54)34-16-6-2-7-17-34;1-3-2;1-2/h1-30H;3H2,1-2H3;1-2H3. The highest BCUT2D eigenvalue weighted by Crippen LogP contribution is 2.55. The molecule has 0 aliphatic heterocycles. The van der Waals surface area contributed by atoms with E-state index in [0.29, 0.717) is 5.56 Å². The molecule has 2 nitrogen and oxygen atoms in total. The Balaban J connectivity index is 0.000000831. The second-order valence-electron chi connectivity index (χ2n) is 16.1. The van der Waals surface area contributed by atoms with Crippen molar-refractivity contribution in [1.82, 2.24) is 4.57 Å². The summed E-state index contributed by atoms with van der Waals surface area (Å²) in [6.07, 6.45) is 1.25. The zero-order valence-corrected chi connectivity index (χ0v) is 35.4. The van der Waals surface area contributed by atoms with Gasteiger partial charge in [-0.3, -0.25) is 0 Å². The van der Waals surface area contributed by atoms with Gasteiger partial charge in [0.1, 0.15) is 0 Å². The Morgan fingerprint density at radius 1 is 0.371 bits per heavy atom. The Labute approximate surface area is 361 Å². The molecule has 62 heavy (non-hydrogen) atoms. The van der Waals surface area contributed by atoms with Gasteiger partial charge in [0.05, 0.1) is 22.7 Å². The van der Waals surface area contributed by atoms with Gasteiger partial charge >= 0.3 is 0 Å². The van der Waals surface area contributed by atoms with Crippen molar-refractivity contribution in [3.8, 4) is 34.0 Å². The number of fused-ring (bicyclic) bond motifs is 12. The first-order valence-corrected chi connectivity index (χ1v) is 22.0. The minimum absolute atomic E-state index is 0.653. The smallest absolute Gasteiger partial charge is 0.0992 e. The number of benzene rings is 10. The van der Waals surface area contributed by atoms with Crippen molar-refractivity contribution >= 4 is 97.2 Å². The monoisotopic (exact) mass is 792 g/mol. The molecule has 0 spiro atoms. The molecule has 0 atom stereocenters. The van der Waals surface area contributed by atoms with Crippen molar-refractivity contribution in [1.29, 1.82) is 5.26 Å². The van der Waals surface area contributed by atoms with Gasteiger partial charge in [-0.15, -0.1) is 0 Å². The maximum Gasteiger partial charge on any atom is 0.0992 e. The lowest BCUT2D eigenvalue weighted by Crippen LogP contribution is -1.93. The molecule has 294 valence electrons. The first kappa shape index (κ1) is 37.3. The summed E-state index contributed by atoms with van der Waals surface area (Å²) in [7, 11) is 0. The van der Waals surface area contributed by atoms with Crippen LogP contribution in [0.3, 0.4) is 0 Å². The average molecular weight is 793 g/mol. The Morgan fingerprint density at radius 2 is 0.871 bits per heavy atom. The van der Waals surface area contributed by atoms with E-state index in [2.05, 4.69) is 200 Å². The quantitative estimate of drug-likeness (QED) is 0.164. The summed E-state index contributed by atoms with van der Waals surface area (Å²) in [5, 5.41) is 30.4. The van der Waals surface area contributed by atoms with Gasteiger partial charge in [-0.25, -0.2) is 0 Å². The Morgan fingerprint density at radius 3 is 1.52 bits per heavy atom. The van der Waals surface area contributed by atoms with Gasteiger partial charge in [0.25, 0.3) is 0 Å². The number of nitrogens with zero attached hydrogens (tertiary/aromatic N) is 2. The molecular formula is C60H44N2. The molecule has 13 rings (SSSR count). The van der Waals surface area contributed by atoms with Gasteiger partial charge in [-0.05, 0) is 134 Å². The lowest BCUT2D eigenvalue weighted by Gasteiger charge is -2.19. The normalized spacial score (nSPS) is 11.6. The van der Waals surface area contributed by atoms with E-state index in [0.717, 1.165) is 22.1 Å². The van der Waals surface area contributed by atoms with Gasteiger partial charge in [0.2, 0.25) is 0 Å². The van der Waals surface area contributed by atoms with Crippen LogP contribution in [0, 0.1) is 11.3 Å². The second-order valence-corrected chi connectivity index (χ2v) is 16.1. The van der Waals surface area contributed by atoms with Crippen LogP contribution in [0.25, 0.3) is 125 Å². The summed E-state index contributed by atoms with van der Waals surface area (Å²) >= 11 is 0. The van der Waals surface area contributed by atoms with Gasteiger partial charge in [-0.2, -0.15) is 5.26 Å². The van der Waals surface area contributed by atoms with E-state index in [9.17, 15) is 5.26 Å². The molecule has 0 saturated carbocycles. The summed E-state index contributed by atoms with van der Waals surface area (Å²) in [6, 6.07) is 68.9. The van der Waals surface area contributed by atoms with E-state index in [4.69, 9.17) is 0 Å². The van der Waals surface area contributed by atoms with Gasteiger partial charge in [0, 0.05) is 16.5 Å². The molecule has 0 fully saturated rings. The predicted octanol–water partition coefficient (Wildman–Crippen LogP) is 17.4. The van der Waals surface area contributed by atoms with Crippen LogP contribution >= 0.6 is 0 Å².